The minimum atomic E-state index is -0.562. The summed E-state index contributed by atoms with van der Waals surface area (Å²) in [6.07, 6.45) is 0. The Morgan fingerprint density at radius 2 is 2.10 bits per heavy atom. The number of hydrogen-bond acceptors (Lipinski definition) is 4. The second kappa shape index (κ2) is 6.83. The number of benzene rings is 2. The summed E-state index contributed by atoms with van der Waals surface area (Å²) in [4.78, 5) is 12.1. The van der Waals surface area contributed by atoms with E-state index in [2.05, 4.69) is 15.9 Å². The zero-order valence-corrected chi connectivity index (χ0v) is 13.6. The quantitative estimate of drug-likeness (QED) is 0.651. The molecule has 0 spiro atoms. The Bertz CT molecular complexity index is 656. The Kier molecular flexibility index (Phi) is 5.09. The minimum absolute atomic E-state index is 0.0846. The van der Waals surface area contributed by atoms with Crippen molar-refractivity contribution >= 4 is 39.2 Å². The van der Waals surface area contributed by atoms with E-state index in [1.54, 1.807) is 31.4 Å². The van der Waals surface area contributed by atoms with Crippen molar-refractivity contribution in [2.45, 2.75) is 6.61 Å². The SMILES string of the molecule is COc1ccc(Br)c(COC(=O)c2c(N)cccc2Cl)c1. The summed E-state index contributed by atoms with van der Waals surface area (Å²) in [7, 11) is 1.57. The first kappa shape index (κ1) is 15.7. The number of methoxy groups -OCH3 is 1. The van der Waals surface area contributed by atoms with Crippen molar-refractivity contribution in [2.24, 2.45) is 0 Å². The zero-order valence-electron chi connectivity index (χ0n) is 11.2. The van der Waals surface area contributed by atoms with Crippen LogP contribution < -0.4 is 10.5 Å². The van der Waals surface area contributed by atoms with Gasteiger partial charge >= 0.3 is 5.97 Å². The van der Waals surface area contributed by atoms with Gasteiger partial charge in [0.05, 0.1) is 12.1 Å². The molecule has 0 fully saturated rings. The molecule has 0 saturated heterocycles. The molecule has 0 bridgehead atoms. The van der Waals surface area contributed by atoms with Crippen molar-refractivity contribution in [1.82, 2.24) is 0 Å². The van der Waals surface area contributed by atoms with Gasteiger partial charge in [-0.2, -0.15) is 0 Å². The van der Waals surface area contributed by atoms with Gasteiger partial charge in [0.1, 0.15) is 17.9 Å². The first-order valence-corrected chi connectivity index (χ1v) is 7.23. The molecule has 0 atom stereocenters. The first-order valence-electron chi connectivity index (χ1n) is 6.06. The van der Waals surface area contributed by atoms with Crippen molar-refractivity contribution in [3.8, 4) is 5.75 Å². The van der Waals surface area contributed by atoms with Gasteiger partial charge in [0.15, 0.2) is 0 Å². The molecule has 0 saturated carbocycles. The summed E-state index contributed by atoms with van der Waals surface area (Å²) < 4.78 is 11.2. The Morgan fingerprint density at radius 1 is 1.33 bits per heavy atom. The highest BCUT2D eigenvalue weighted by Crippen LogP contribution is 2.26. The molecule has 4 nitrogen and oxygen atoms in total. The van der Waals surface area contributed by atoms with Crippen LogP contribution in [0, 0.1) is 0 Å². The van der Waals surface area contributed by atoms with Gasteiger partial charge in [-0.1, -0.05) is 33.6 Å². The van der Waals surface area contributed by atoms with Gasteiger partial charge in [-0.3, -0.25) is 0 Å². The van der Waals surface area contributed by atoms with Gasteiger partial charge in [0.2, 0.25) is 0 Å². The third kappa shape index (κ3) is 3.68. The van der Waals surface area contributed by atoms with E-state index in [1.807, 2.05) is 12.1 Å². The highest BCUT2D eigenvalue weighted by molar-refractivity contribution is 9.10. The second-order valence-corrected chi connectivity index (χ2v) is 5.50. The number of anilines is 1. The molecular formula is C15H13BrClNO3. The number of carbonyl (C=O) groups is 1. The van der Waals surface area contributed by atoms with E-state index in [4.69, 9.17) is 26.8 Å². The molecule has 0 aliphatic heterocycles. The normalized spacial score (nSPS) is 10.2. The van der Waals surface area contributed by atoms with E-state index in [-0.39, 0.29) is 22.9 Å². The first-order chi connectivity index (χ1) is 10.0. The van der Waals surface area contributed by atoms with Crippen molar-refractivity contribution in [2.75, 3.05) is 12.8 Å². The smallest absolute Gasteiger partial charge is 0.342 e. The molecule has 2 aromatic rings. The van der Waals surface area contributed by atoms with Crippen molar-refractivity contribution in [3.63, 3.8) is 0 Å². The second-order valence-electron chi connectivity index (χ2n) is 4.24. The van der Waals surface area contributed by atoms with Gasteiger partial charge < -0.3 is 15.2 Å². The van der Waals surface area contributed by atoms with Crippen LogP contribution in [0.25, 0.3) is 0 Å². The number of ether oxygens (including phenoxy) is 2. The average molecular weight is 371 g/mol. The van der Waals surface area contributed by atoms with Gasteiger partial charge in [0, 0.05) is 15.7 Å². The Hall–Kier alpha value is -1.72. The maximum Gasteiger partial charge on any atom is 0.342 e. The predicted octanol–water partition coefficient (Wildman–Crippen LogP) is 4.05. The van der Waals surface area contributed by atoms with E-state index >= 15 is 0 Å². The molecule has 6 heteroatoms. The summed E-state index contributed by atoms with van der Waals surface area (Å²) in [5, 5.41) is 0.268. The molecule has 21 heavy (non-hydrogen) atoms. The third-order valence-electron chi connectivity index (χ3n) is 2.86. The largest absolute Gasteiger partial charge is 0.497 e. The zero-order chi connectivity index (χ0) is 15.4. The molecule has 0 aliphatic rings. The molecule has 110 valence electrons. The number of nitrogen functional groups attached to an aromatic ring is 1. The van der Waals surface area contributed by atoms with Crippen molar-refractivity contribution < 1.29 is 14.3 Å². The molecule has 2 aromatic carbocycles. The van der Waals surface area contributed by atoms with Crippen LogP contribution >= 0.6 is 27.5 Å². The van der Waals surface area contributed by atoms with Crippen LogP contribution in [0.3, 0.4) is 0 Å². The van der Waals surface area contributed by atoms with Crippen LogP contribution in [-0.4, -0.2) is 13.1 Å². The highest BCUT2D eigenvalue weighted by Gasteiger charge is 2.16. The Morgan fingerprint density at radius 3 is 2.76 bits per heavy atom. The fourth-order valence-corrected chi connectivity index (χ4v) is 2.38. The van der Waals surface area contributed by atoms with Crippen molar-refractivity contribution in [3.05, 3.63) is 57.0 Å². The molecule has 2 rings (SSSR count). The van der Waals surface area contributed by atoms with Crippen LogP contribution in [0.5, 0.6) is 5.75 Å². The molecule has 0 radical (unpaired) electrons. The number of rotatable bonds is 4. The van der Waals surface area contributed by atoms with Crippen LogP contribution in [0.1, 0.15) is 15.9 Å². The highest BCUT2D eigenvalue weighted by atomic mass is 79.9. The number of nitrogens with two attached hydrogens (primary N) is 1. The average Bonchev–Trinajstić information content (AvgIpc) is 2.46. The van der Waals surface area contributed by atoms with E-state index in [0.717, 1.165) is 10.0 Å². The van der Waals surface area contributed by atoms with E-state index in [9.17, 15) is 4.79 Å². The van der Waals surface area contributed by atoms with Crippen molar-refractivity contribution in [1.29, 1.82) is 0 Å². The monoisotopic (exact) mass is 369 g/mol. The van der Waals surface area contributed by atoms with Gasteiger partial charge in [-0.05, 0) is 30.3 Å². The summed E-state index contributed by atoms with van der Waals surface area (Å²) in [5.74, 6) is 0.120. The Labute approximate surface area is 135 Å². The van der Waals surface area contributed by atoms with Crippen LogP contribution in [0.4, 0.5) is 5.69 Å². The summed E-state index contributed by atoms with van der Waals surface area (Å²) in [6.45, 7) is 0.0846. The maximum absolute atomic E-state index is 12.1. The van der Waals surface area contributed by atoms with Gasteiger partial charge in [-0.25, -0.2) is 4.79 Å². The third-order valence-corrected chi connectivity index (χ3v) is 3.95. The van der Waals surface area contributed by atoms with Crippen LogP contribution in [0.15, 0.2) is 40.9 Å². The lowest BCUT2D eigenvalue weighted by molar-refractivity contribution is 0.0473. The minimum Gasteiger partial charge on any atom is -0.497 e. The molecule has 0 aliphatic carbocycles. The van der Waals surface area contributed by atoms with Crippen LogP contribution in [0.2, 0.25) is 5.02 Å². The van der Waals surface area contributed by atoms with E-state index in [0.29, 0.717) is 5.75 Å². The molecule has 0 heterocycles. The number of esters is 1. The summed E-state index contributed by atoms with van der Waals surface area (Å²) >= 11 is 9.37. The maximum atomic E-state index is 12.1. The fraction of sp³-hybridized carbons (Fsp3) is 0.133. The molecule has 2 N–H and O–H groups in total. The molecule has 0 aromatic heterocycles. The number of hydrogen-bond donors (Lipinski definition) is 1. The predicted molar refractivity (Wildman–Crippen MR) is 85.7 cm³/mol. The molecule has 0 amide bonds. The summed E-state index contributed by atoms with van der Waals surface area (Å²) in [6, 6.07) is 10.3. The molecule has 0 unspecified atom stereocenters. The lowest BCUT2D eigenvalue weighted by atomic mass is 10.2. The van der Waals surface area contributed by atoms with E-state index < -0.39 is 5.97 Å². The number of carbonyl (C=O) groups excluding carboxylic acids is 1. The van der Waals surface area contributed by atoms with Crippen LogP contribution in [-0.2, 0) is 11.3 Å². The summed E-state index contributed by atoms with van der Waals surface area (Å²) in [5.41, 5.74) is 7.01. The van der Waals surface area contributed by atoms with Gasteiger partial charge in [0.25, 0.3) is 0 Å². The topological polar surface area (TPSA) is 61.5 Å². The lowest BCUT2D eigenvalue weighted by Gasteiger charge is -2.10. The fourth-order valence-electron chi connectivity index (χ4n) is 1.76. The lowest BCUT2D eigenvalue weighted by Crippen LogP contribution is -2.09. The standard InChI is InChI=1S/C15H13BrClNO3/c1-20-10-5-6-11(16)9(7-10)8-21-15(19)14-12(17)3-2-4-13(14)18/h2-7H,8,18H2,1H3. The van der Waals surface area contributed by atoms with E-state index in [1.165, 1.54) is 0 Å². The molecular weight excluding hydrogens is 358 g/mol. The number of halogens is 2. The Balaban J connectivity index is 2.15. The van der Waals surface area contributed by atoms with Gasteiger partial charge in [-0.15, -0.1) is 0 Å².